The van der Waals surface area contributed by atoms with Gasteiger partial charge in [0.1, 0.15) is 0 Å². The molecule has 1 saturated heterocycles. The van der Waals surface area contributed by atoms with E-state index in [1.54, 1.807) is 20.8 Å². The number of ketones is 1. The molecule has 0 spiro atoms. The van der Waals surface area contributed by atoms with Gasteiger partial charge in [0.15, 0.2) is 0 Å². The Balaban J connectivity index is 2.01. The van der Waals surface area contributed by atoms with Gasteiger partial charge in [0.05, 0.1) is 33.2 Å². The Morgan fingerprint density at radius 2 is 1.76 bits per heavy atom. The Morgan fingerprint density at radius 1 is 1.16 bits per heavy atom. The second kappa shape index (κ2) is 7.06. The van der Waals surface area contributed by atoms with Gasteiger partial charge in [-0.3, -0.25) is 9.78 Å². The van der Waals surface area contributed by atoms with Crippen molar-refractivity contribution in [3.05, 3.63) is 21.4 Å². The number of esters is 1. The second-order valence-corrected chi connectivity index (χ2v) is 8.25. The van der Waals surface area contributed by atoms with E-state index >= 15 is 0 Å². The Kier molecular flexibility index (Phi) is 5.19. The van der Waals surface area contributed by atoms with Crippen molar-refractivity contribution in [1.82, 2.24) is 4.98 Å². The quantitative estimate of drug-likeness (QED) is 0.430. The molecule has 1 aromatic rings. The first-order chi connectivity index (χ1) is 11.8. The average Bonchev–Trinajstić information content (AvgIpc) is 3.10. The normalized spacial score (nSPS) is 22.4. The van der Waals surface area contributed by atoms with Gasteiger partial charge in [-0.25, -0.2) is 4.79 Å². The molecule has 5 nitrogen and oxygen atoms in total. The minimum atomic E-state index is -0.809. The van der Waals surface area contributed by atoms with Gasteiger partial charge in [0, 0.05) is 13.1 Å². The SMILES string of the molecule is Cc1nc(C)c(C(=O)C(=O)OC(C)C)c(N2CC3CCCC3C2)c1Br. The standard InChI is InChI=1S/C19H25BrN2O3/c1-10(2)25-19(24)18(23)15-11(3)21-12(4)16(20)17(15)22-8-13-6-5-7-14(13)9-22/h10,13-14H,5-9H2,1-4H3. The number of anilines is 1. The van der Waals surface area contributed by atoms with Gasteiger partial charge in [-0.1, -0.05) is 6.42 Å². The molecule has 25 heavy (non-hydrogen) atoms. The van der Waals surface area contributed by atoms with E-state index in [2.05, 4.69) is 25.8 Å². The molecule has 1 aromatic heterocycles. The van der Waals surface area contributed by atoms with Gasteiger partial charge in [-0.2, -0.15) is 0 Å². The molecule has 136 valence electrons. The van der Waals surface area contributed by atoms with Gasteiger partial charge in [-0.05, 0) is 68.3 Å². The Morgan fingerprint density at radius 3 is 2.32 bits per heavy atom. The first-order valence-corrected chi connectivity index (χ1v) is 9.75. The van der Waals surface area contributed by atoms with Crippen molar-refractivity contribution in [3.63, 3.8) is 0 Å². The third-order valence-corrected chi connectivity index (χ3v) is 6.21. The predicted molar refractivity (Wildman–Crippen MR) is 100 cm³/mol. The van der Waals surface area contributed by atoms with E-state index < -0.39 is 11.8 Å². The van der Waals surface area contributed by atoms with Crippen LogP contribution in [0.3, 0.4) is 0 Å². The summed E-state index contributed by atoms with van der Waals surface area (Å²) < 4.78 is 5.94. The highest BCUT2D eigenvalue weighted by molar-refractivity contribution is 9.10. The van der Waals surface area contributed by atoms with Crippen LogP contribution in [0.25, 0.3) is 0 Å². The number of halogens is 1. The fraction of sp³-hybridized carbons (Fsp3) is 0.632. The first kappa shape index (κ1) is 18.4. The number of nitrogens with zero attached hydrogens (tertiary/aromatic N) is 2. The van der Waals surface area contributed by atoms with Crippen LogP contribution >= 0.6 is 15.9 Å². The monoisotopic (exact) mass is 408 g/mol. The molecular weight excluding hydrogens is 384 g/mol. The summed E-state index contributed by atoms with van der Waals surface area (Å²) in [5, 5.41) is 0. The van der Waals surface area contributed by atoms with Crippen LogP contribution in [0.2, 0.25) is 0 Å². The van der Waals surface area contributed by atoms with Crippen molar-refractivity contribution in [3.8, 4) is 0 Å². The zero-order chi connectivity index (χ0) is 18.3. The van der Waals surface area contributed by atoms with Crippen molar-refractivity contribution in [2.45, 2.75) is 53.1 Å². The topological polar surface area (TPSA) is 59.5 Å². The molecule has 0 aromatic carbocycles. The van der Waals surface area contributed by atoms with Crippen LogP contribution in [-0.2, 0) is 9.53 Å². The highest BCUT2D eigenvalue weighted by Gasteiger charge is 2.39. The lowest BCUT2D eigenvalue weighted by Crippen LogP contribution is -2.28. The van der Waals surface area contributed by atoms with Crippen molar-refractivity contribution in [2.75, 3.05) is 18.0 Å². The van der Waals surface area contributed by atoms with Crippen molar-refractivity contribution < 1.29 is 14.3 Å². The van der Waals surface area contributed by atoms with Crippen LogP contribution in [0.15, 0.2) is 4.47 Å². The van der Waals surface area contributed by atoms with Gasteiger partial charge >= 0.3 is 5.97 Å². The van der Waals surface area contributed by atoms with E-state index in [1.165, 1.54) is 19.3 Å². The lowest BCUT2D eigenvalue weighted by Gasteiger charge is -2.25. The summed E-state index contributed by atoms with van der Waals surface area (Å²) in [6.07, 6.45) is 3.47. The van der Waals surface area contributed by atoms with E-state index in [0.717, 1.165) is 28.9 Å². The predicted octanol–water partition coefficient (Wildman–Crippen LogP) is 3.83. The molecule has 1 aliphatic carbocycles. The lowest BCUT2D eigenvalue weighted by atomic mass is 10.0. The number of carbonyl (C=O) groups excluding carboxylic acids is 2. The fourth-order valence-corrected chi connectivity index (χ4v) is 4.70. The number of hydrogen-bond donors (Lipinski definition) is 0. The summed E-state index contributed by atoms with van der Waals surface area (Å²) in [7, 11) is 0. The smallest absolute Gasteiger partial charge is 0.380 e. The number of aromatic nitrogens is 1. The summed E-state index contributed by atoms with van der Waals surface area (Å²) >= 11 is 3.61. The number of rotatable bonds is 4. The minimum Gasteiger partial charge on any atom is -0.457 e. The number of fused-ring (bicyclic) bond motifs is 1. The van der Waals surface area contributed by atoms with Crippen LogP contribution in [0.5, 0.6) is 0 Å². The average molecular weight is 409 g/mol. The summed E-state index contributed by atoms with van der Waals surface area (Å²) in [6, 6.07) is 0. The second-order valence-electron chi connectivity index (χ2n) is 7.46. The molecule has 0 N–H and O–H groups in total. The lowest BCUT2D eigenvalue weighted by molar-refractivity contribution is -0.141. The number of pyridine rings is 1. The minimum absolute atomic E-state index is 0.326. The molecule has 2 unspecified atom stereocenters. The van der Waals surface area contributed by atoms with Crippen molar-refractivity contribution >= 4 is 33.4 Å². The summed E-state index contributed by atoms with van der Waals surface area (Å²) in [6.45, 7) is 9.05. The zero-order valence-electron chi connectivity index (χ0n) is 15.3. The molecule has 6 heteroatoms. The molecule has 3 rings (SSSR count). The third kappa shape index (κ3) is 3.46. The maximum Gasteiger partial charge on any atom is 0.380 e. The van der Waals surface area contributed by atoms with E-state index in [1.807, 2.05) is 6.92 Å². The summed E-state index contributed by atoms with van der Waals surface area (Å²) in [5.74, 6) is -0.0414. The number of ether oxygens (including phenoxy) is 1. The molecule has 2 atom stereocenters. The van der Waals surface area contributed by atoms with Crippen molar-refractivity contribution in [2.24, 2.45) is 11.8 Å². The number of carbonyl (C=O) groups is 2. The van der Waals surface area contributed by atoms with E-state index in [4.69, 9.17) is 4.74 Å². The van der Waals surface area contributed by atoms with Gasteiger partial charge in [0.25, 0.3) is 5.78 Å². The van der Waals surface area contributed by atoms with Gasteiger partial charge in [-0.15, -0.1) is 0 Å². The largest absolute Gasteiger partial charge is 0.457 e. The third-order valence-electron chi connectivity index (χ3n) is 5.26. The van der Waals surface area contributed by atoms with Gasteiger partial charge < -0.3 is 9.64 Å². The van der Waals surface area contributed by atoms with E-state index in [0.29, 0.717) is 23.1 Å². The Hall–Kier alpha value is -1.43. The molecule has 0 amide bonds. The van der Waals surface area contributed by atoms with E-state index in [-0.39, 0.29) is 6.10 Å². The number of Topliss-reactive ketones (excluding diaryl/α,β-unsaturated/α-hetero) is 1. The highest BCUT2D eigenvalue weighted by atomic mass is 79.9. The van der Waals surface area contributed by atoms with Crippen LogP contribution in [0.4, 0.5) is 5.69 Å². The van der Waals surface area contributed by atoms with E-state index in [9.17, 15) is 9.59 Å². The van der Waals surface area contributed by atoms with Crippen LogP contribution < -0.4 is 4.90 Å². The molecule has 2 heterocycles. The summed E-state index contributed by atoms with van der Waals surface area (Å²) in [4.78, 5) is 31.8. The first-order valence-electron chi connectivity index (χ1n) is 8.96. The zero-order valence-corrected chi connectivity index (χ0v) is 16.9. The maximum atomic E-state index is 12.8. The molecule has 1 aliphatic heterocycles. The molecule has 2 aliphatic rings. The number of aryl methyl sites for hydroxylation is 2. The van der Waals surface area contributed by atoms with Crippen LogP contribution in [0, 0.1) is 25.7 Å². The fourth-order valence-electron chi connectivity index (χ4n) is 4.17. The molecular formula is C19H25BrN2O3. The van der Waals surface area contributed by atoms with Crippen LogP contribution in [0.1, 0.15) is 54.9 Å². The maximum absolute atomic E-state index is 12.8. The Bertz CT molecular complexity index is 705. The van der Waals surface area contributed by atoms with Crippen molar-refractivity contribution in [1.29, 1.82) is 0 Å². The van der Waals surface area contributed by atoms with Gasteiger partial charge in [0.2, 0.25) is 0 Å². The highest BCUT2D eigenvalue weighted by Crippen LogP contribution is 2.43. The molecule has 2 fully saturated rings. The number of hydrogen-bond acceptors (Lipinski definition) is 5. The Labute approximate surface area is 157 Å². The molecule has 1 saturated carbocycles. The molecule has 0 radical (unpaired) electrons. The summed E-state index contributed by atoms with van der Waals surface area (Å²) in [5.41, 5.74) is 2.60. The molecule has 0 bridgehead atoms. The van der Waals surface area contributed by atoms with Crippen LogP contribution in [-0.4, -0.2) is 35.9 Å².